The first-order valence-electron chi connectivity index (χ1n) is 10.5. The van der Waals surface area contributed by atoms with E-state index in [4.69, 9.17) is 9.47 Å². The maximum absolute atomic E-state index is 6.13. The summed E-state index contributed by atoms with van der Waals surface area (Å²) in [5.41, 5.74) is 2.80. The van der Waals surface area contributed by atoms with Gasteiger partial charge in [-0.3, -0.25) is 0 Å². The Bertz CT molecular complexity index is 457. The Kier molecular flexibility index (Phi) is 8.98. The first-order valence-corrected chi connectivity index (χ1v) is 10.5. The average Bonchev–Trinajstić information content (AvgIpc) is 2.63. The van der Waals surface area contributed by atoms with Crippen molar-refractivity contribution in [2.24, 2.45) is 0 Å². The van der Waals surface area contributed by atoms with Crippen LogP contribution in [0, 0.1) is 0 Å². The summed E-state index contributed by atoms with van der Waals surface area (Å²) in [6.07, 6.45) is 12.6. The molecule has 1 aliphatic rings. The summed E-state index contributed by atoms with van der Waals surface area (Å²) in [7, 11) is 0. The summed E-state index contributed by atoms with van der Waals surface area (Å²) in [5.74, 6) is 0.000802. The molecule has 0 aliphatic carbocycles. The fraction of sp³-hybridized carbons (Fsp3) is 0.739. The smallest absolute Gasteiger partial charge is 0.165 e. The number of hydrogen-bond acceptors (Lipinski definition) is 2. The van der Waals surface area contributed by atoms with Gasteiger partial charge in [-0.1, -0.05) is 76.6 Å². The van der Waals surface area contributed by atoms with Crippen LogP contribution in [0.2, 0.25) is 0 Å². The Balaban J connectivity index is 1.73. The number of rotatable bonds is 11. The summed E-state index contributed by atoms with van der Waals surface area (Å²) >= 11 is 0. The van der Waals surface area contributed by atoms with Crippen molar-refractivity contribution in [3.8, 4) is 0 Å². The number of benzene rings is 1. The SMILES string of the molecule is CCCCCCCC1(C)OCC(c2ccc(CCCCC)cc2)CO1. The van der Waals surface area contributed by atoms with E-state index < -0.39 is 0 Å². The summed E-state index contributed by atoms with van der Waals surface area (Å²) in [4.78, 5) is 0. The number of unbranched alkanes of at least 4 members (excludes halogenated alkanes) is 6. The average molecular weight is 347 g/mol. The molecule has 0 radical (unpaired) electrons. The van der Waals surface area contributed by atoms with Crippen LogP contribution in [0.5, 0.6) is 0 Å². The molecule has 2 nitrogen and oxygen atoms in total. The Morgan fingerprint density at radius 3 is 2.08 bits per heavy atom. The molecule has 1 heterocycles. The van der Waals surface area contributed by atoms with Crippen molar-refractivity contribution in [3.05, 3.63) is 35.4 Å². The molecule has 0 spiro atoms. The first-order chi connectivity index (χ1) is 12.2. The predicted octanol–water partition coefficient (Wildman–Crippen LogP) is 6.63. The number of hydrogen-bond donors (Lipinski definition) is 0. The van der Waals surface area contributed by atoms with E-state index >= 15 is 0 Å². The minimum Gasteiger partial charge on any atom is -0.350 e. The second-order valence-corrected chi connectivity index (χ2v) is 7.82. The zero-order valence-corrected chi connectivity index (χ0v) is 16.7. The van der Waals surface area contributed by atoms with Crippen molar-refractivity contribution in [2.45, 2.75) is 96.7 Å². The van der Waals surface area contributed by atoms with Gasteiger partial charge in [0.05, 0.1) is 13.2 Å². The van der Waals surface area contributed by atoms with Gasteiger partial charge in [0.15, 0.2) is 5.79 Å². The van der Waals surface area contributed by atoms with Gasteiger partial charge < -0.3 is 9.47 Å². The van der Waals surface area contributed by atoms with E-state index in [0.717, 1.165) is 19.6 Å². The van der Waals surface area contributed by atoms with E-state index in [-0.39, 0.29) is 5.79 Å². The van der Waals surface area contributed by atoms with Crippen LogP contribution in [0.4, 0.5) is 0 Å². The molecule has 0 amide bonds. The van der Waals surface area contributed by atoms with Crippen LogP contribution in [-0.4, -0.2) is 19.0 Å². The van der Waals surface area contributed by atoms with Crippen molar-refractivity contribution >= 4 is 0 Å². The van der Waals surface area contributed by atoms with E-state index in [1.54, 1.807) is 0 Å². The molecule has 1 aromatic rings. The third kappa shape index (κ3) is 7.11. The lowest BCUT2D eigenvalue weighted by molar-refractivity contribution is -0.266. The van der Waals surface area contributed by atoms with Gasteiger partial charge in [0.1, 0.15) is 0 Å². The van der Waals surface area contributed by atoms with E-state index in [0.29, 0.717) is 5.92 Å². The molecular weight excluding hydrogens is 308 g/mol. The van der Waals surface area contributed by atoms with Crippen LogP contribution in [-0.2, 0) is 15.9 Å². The molecule has 1 fully saturated rings. The lowest BCUT2D eigenvalue weighted by Crippen LogP contribution is -2.40. The first kappa shape index (κ1) is 20.5. The highest BCUT2D eigenvalue weighted by atomic mass is 16.7. The van der Waals surface area contributed by atoms with Crippen LogP contribution in [0.1, 0.15) is 95.6 Å². The van der Waals surface area contributed by atoms with E-state index in [1.807, 2.05) is 0 Å². The molecule has 0 aromatic heterocycles. The fourth-order valence-corrected chi connectivity index (χ4v) is 3.57. The van der Waals surface area contributed by atoms with Gasteiger partial charge in [-0.05, 0) is 37.3 Å². The van der Waals surface area contributed by atoms with Gasteiger partial charge in [-0.25, -0.2) is 0 Å². The van der Waals surface area contributed by atoms with E-state index in [2.05, 4.69) is 45.0 Å². The van der Waals surface area contributed by atoms with Gasteiger partial charge in [-0.15, -0.1) is 0 Å². The van der Waals surface area contributed by atoms with Crippen LogP contribution in [0.15, 0.2) is 24.3 Å². The Labute approximate surface area is 155 Å². The lowest BCUT2D eigenvalue weighted by atomic mass is 9.96. The largest absolute Gasteiger partial charge is 0.350 e. The normalized spacial score (nSPS) is 23.7. The monoisotopic (exact) mass is 346 g/mol. The van der Waals surface area contributed by atoms with Crippen LogP contribution in [0.25, 0.3) is 0 Å². The standard InChI is InChI=1S/C23H38O2/c1-4-6-8-9-11-17-23(3)24-18-22(19-25-23)21-15-13-20(14-16-21)12-10-7-5-2/h13-16,22H,4-12,17-19H2,1-3H3. The molecule has 0 atom stereocenters. The highest BCUT2D eigenvalue weighted by molar-refractivity contribution is 5.26. The lowest BCUT2D eigenvalue weighted by Gasteiger charge is -2.38. The second-order valence-electron chi connectivity index (χ2n) is 7.82. The zero-order chi connectivity index (χ0) is 18.0. The minimum absolute atomic E-state index is 0.372. The summed E-state index contributed by atoms with van der Waals surface area (Å²) in [6, 6.07) is 9.11. The highest BCUT2D eigenvalue weighted by Gasteiger charge is 2.32. The van der Waals surface area contributed by atoms with Crippen molar-refractivity contribution in [2.75, 3.05) is 13.2 Å². The second kappa shape index (κ2) is 11.0. The minimum atomic E-state index is -0.372. The maximum Gasteiger partial charge on any atom is 0.165 e. The van der Waals surface area contributed by atoms with Crippen LogP contribution in [0.3, 0.4) is 0 Å². The molecular formula is C23H38O2. The molecule has 2 rings (SSSR count). The third-order valence-electron chi connectivity index (χ3n) is 5.43. The maximum atomic E-state index is 6.13. The molecule has 25 heavy (non-hydrogen) atoms. The quantitative estimate of drug-likeness (QED) is 0.419. The Morgan fingerprint density at radius 1 is 0.840 bits per heavy atom. The van der Waals surface area contributed by atoms with Gasteiger partial charge in [0, 0.05) is 12.3 Å². The van der Waals surface area contributed by atoms with Crippen LogP contribution >= 0.6 is 0 Å². The van der Waals surface area contributed by atoms with Gasteiger partial charge in [0.2, 0.25) is 0 Å². The molecule has 142 valence electrons. The van der Waals surface area contributed by atoms with E-state index in [1.165, 1.54) is 68.9 Å². The molecule has 0 N–H and O–H groups in total. The highest BCUT2D eigenvalue weighted by Crippen LogP contribution is 2.31. The van der Waals surface area contributed by atoms with Gasteiger partial charge >= 0.3 is 0 Å². The fourth-order valence-electron chi connectivity index (χ4n) is 3.57. The molecule has 2 heteroatoms. The van der Waals surface area contributed by atoms with Crippen molar-refractivity contribution < 1.29 is 9.47 Å². The molecule has 1 aliphatic heterocycles. The van der Waals surface area contributed by atoms with Crippen molar-refractivity contribution in [3.63, 3.8) is 0 Å². The molecule has 0 saturated carbocycles. The number of aryl methyl sites for hydroxylation is 1. The van der Waals surface area contributed by atoms with Crippen LogP contribution < -0.4 is 0 Å². The van der Waals surface area contributed by atoms with E-state index in [9.17, 15) is 0 Å². The predicted molar refractivity (Wildman–Crippen MR) is 106 cm³/mol. The molecule has 1 saturated heterocycles. The molecule has 0 unspecified atom stereocenters. The number of ether oxygens (including phenoxy) is 2. The third-order valence-corrected chi connectivity index (χ3v) is 5.43. The topological polar surface area (TPSA) is 18.5 Å². The van der Waals surface area contributed by atoms with Crippen molar-refractivity contribution in [1.82, 2.24) is 0 Å². The summed E-state index contributed by atoms with van der Waals surface area (Å²) in [6.45, 7) is 8.18. The summed E-state index contributed by atoms with van der Waals surface area (Å²) < 4.78 is 12.3. The van der Waals surface area contributed by atoms with Gasteiger partial charge in [0.25, 0.3) is 0 Å². The molecule has 0 bridgehead atoms. The Hall–Kier alpha value is -0.860. The van der Waals surface area contributed by atoms with Crippen molar-refractivity contribution in [1.29, 1.82) is 0 Å². The Morgan fingerprint density at radius 2 is 1.44 bits per heavy atom. The summed E-state index contributed by atoms with van der Waals surface area (Å²) in [5, 5.41) is 0. The zero-order valence-electron chi connectivity index (χ0n) is 16.7. The molecule has 1 aromatic carbocycles. The van der Waals surface area contributed by atoms with Gasteiger partial charge in [-0.2, -0.15) is 0 Å².